The van der Waals surface area contributed by atoms with E-state index in [0.29, 0.717) is 6.61 Å². The maximum Gasteiger partial charge on any atom is 0.107 e. The SMILES string of the molecule is COCC(NCc1ncc(C)s1)c1ccccc1. The van der Waals surface area contributed by atoms with Gasteiger partial charge in [-0.05, 0) is 12.5 Å². The topological polar surface area (TPSA) is 34.1 Å². The van der Waals surface area contributed by atoms with E-state index in [1.165, 1.54) is 10.4 Å². The number of rotatable bonds is 6. The van der Waals surface area contributed by atoms with Crippen molar-refractivity contribution in [3.63, 3.8) is 0 Å². The summed E-state index contributed by atoms with van der Waals surface area (Å²) < 4.78 is 5.27. The van der Waals surface area contributed by atoms with E-state index in [4.69, 9.17) is 4.74 Å². The molecule has 1 N–H and O–H groups in total. The fourth-order valence-corrected chi connectivity index (χ4v) is 2.56. The van der Waals surface area contributed by atoms with Gasteiger partial charge in [-0.1, -0.05) is 30.3 Å². The molecule has 2 rings (SSSR count). The van der Waals surface area contributed by atoms with Gasteiger partial charge >= 0.3 is 0 Å². The molecule has 2 aromatic rings. The molecule has 0 radical (unpaired) electrons. The lowest BCUT2D eigenvalue weighted by atomic mass is 10.1. The van der Waals surface area contributed by atoms with Crippen molar-refractivity contribution in [2.75, 3.05) is 13.7 Å². The van der Waals surface area contributed by atoms with E-state index in [2.05, 4.69) is 29.4 Å². The predicted molar refractivity (Wildman–Crippen MR) is 74.7 cm³/mol. The molecule has 0 aliphatic heterocycles. The maximum absolute atomic E-state index is 5.27. The standard InChI is InChI=1S/C14H18N2OS/c1-11-8-16-14(18-11)9-15-13(10-17-2)12-6-4-3-5-7-12/h3-8,13,15H,9-10H2,1-2H3. The summed E-state index contributed by atoms with van der Waals surface area (Å²) in [5.41, 5.74) is 1.24. The Bertz CT molecular complexity index is 470. The molecule has 1 aromatic carbocycles. The summed E-state index contributed by atoms with van der Waals surface area (Å²) >= 11 is 1.73. The Balaban J connectivity index is 1.98. The Labute approximate surface area is 112 Å². The highest BCUT2D eigenvalue weighted by molar-refractivity contribution is 7.11. The monoisotopic (exact) mass is 262 g/mol. The molecule has 3 nitrogen and oxygen atoms in total. The Hall–Kier alpha value is -1.23. The van der Waals surface area contributed by atoms with Crippen LogP contribution in [0.1, 0.15) is 21.5 Å². The van der Waals surface area contributed by atoms with Crippen molar-refractivity contribution in [3.8, 4) is 0 Å². The van der Waals surface area contributed by atoms with Crippen molar-refractivity contribution in [3.05, 3.63) is 52.0 Å². The van der Waals surface area contributed by atoms with Crippen LogP contribution >= 0.6 is 11.3 Å². The lowest BCUT2D eigenvalue weighted by molar-refractivity contribution is 0.166. The minimum atomic E-state index is 0.209. The smallest absolute Gasteiger partial charge is 0.107 e. The molecule has 0 fully saturated rings. The van der Waals surface area contributed by atoms with Gasteiger partial charge in [0.2, 0.25) is 0 Å². The molecule has 1 heterocycles. The van der Waals surface area contributed by atoms with E-state index in [0.717, 1.165) is 11.6 Å². The Morgan fingerprint density at radius 3 is 2.72 bits per heavy atom. The van der Waals surface area contributed by atoms with Crippen LogP contribution in [0.25, 0.3) is 0 Å². The molecule has 0 amide bonds. The van der Waals surface area contributed by atoms with Crippen LogP contribution < -0.4 is 5.32 Å². The zero-order valence-corrected chi connectivity index (χ0v) is 11.5. The van der Waals surface area contributed by atoms with Crippen molar-refractivity contribution >= 4 is 11.3 Å². The number of ether oxygens (including phenoxy) is 1. The lowest BCUT2D eigenvalue weighted by Gasteiger charge is -2.17. The van der Waals surface area contributed by atoms with Crippen LogP contribution in [0.2, 0.25) is 0 Å². The van der Waals surface area contributed by atoms with Crippen molar-refractivity contribution in [2.24, 2.45) is 0 Å². The van der Waals surface area contributed by atoms with Gasteiger partial charge in [-0.3, -0.25) is 0 Å². The first-order valence-electron chi connectivity index (χ1n) is 5.98. The van der Waals surface area contributed by atoms with Gasteiger partial charge in [0.05, 0.1) is 12.6 Å². The average molecular weight is 262 g/mol. The van der Waals surface area contributed by atoms with Crippen LogP contribution in [0, 0.1) is 6.92 Å². The molecule has 4 heteroatoms. The molecular formula is C14H18N2OS. The fraction of sp³-hybridized carbons (Fsp3) is 0.357. The minimum Gasteiger partial charge on any atom is -0.383 e. The van der Waals surface area contributed by atoms with Gasteiger partial charge in [0.1, 0.15) is 5.01 Å². The fourth-order valence-electron chi connectivity index (χ4n) is 1.82. The number of aromatic nitrogens is 1. The second-order valence-corrected chi connectivity index (χ2v) is 5.48. The van der Waals surface area contributed by atoms with Crippen LogP contribution in [0.4, 0.5) is 0 Å². The predicted octanol–water partition coefficient (Wildman–Crippen LogP) is 2.93. The molecular weight excluding hydrogens is 244 g/mol. The highest BCUT2D eigenvalue weighted by Gasteiger charge is 2.11. The zero-order valence-electron chi connectivity index (χ0n) is 10.7. The Morgan fingerprint density at radius 2 is 2.11 bits per heavy atom. The maximum atomic E-state index is 5.27. The summed E-state index contributed by atoms with van der Waals surface area (Å²) in [5.74, 6) is 0. The summed E-state index contributed by atoms with van der Waals surface area (Å²) in [6.07, 6.45) is 1.91. The third-order valence-electron chi connectivity index (χ3n) is 2.70. The van der Waals surface area contributed by atoms with E-state index in [1.807, 2.05) is 24.4 Å². The van der Waals surface area contributed by atoms with Crippen LogP contribution in [0.15, 0.2) is 36.5 Å². The summed E-state index contributed by atoms with van der Waals surface area (Å²) in [5, 5.41) is 4.60. The molecule has 1 atom stereocenters. The van der Waals surface area contributed by atoms with Crippen LogP contribution in [0.5, 0.6) is 0 Å². The number of methoxy groups -OCH3 is 1. The molecule has 0 spiro atoms. The van der Waals surface area contributed by atoms with Crippen molar-refractivity contribution in [1.82, 2.24) is 10.3 Å². The quantitative estimate of drug-likeness (QED) is 0.869. The number of aryl methyl sites for hydroxylation is 1. The molecule has 0 aliphatic rings. The van der Waals surface area contributed by atoms with E-state index >= 15 is 0 Å². The van der Waals surface area contributed by atoms with Gasteiger partial charge < -0.3 is 10.1 Å². The normalized spacial score (nSPS) is 12.6. The average Bonchev–Trinajstić information content (AvgIpc) is 2.81. The first-order chi connectivity index (χ1) is 8.79. The van der Waals surface area contributed by atoms with Crippen LogP contribution in [-0.4, -0.2) is 18.7 Å². The Kier molecular flexibility index (Phi) is 4.87. The van der Waals surface area contributed by atoms with Crippen molar-refractivity contribution in [2.45, 2.75) is 19.5 Å². The highest BCUT2D eigenvalue weighted by atomic mass is 32.1. The molecule has 0 saturated heterocycles. The van der Waals surface area contributed by atoms with Crippen molar-refractivity contribution in [1.29, 1.82) is 0 Å². The molecule has 0 bridgehead atoms. The highest BCUT2D eigenvalue weighted by Crippen LogP contribution is 2.16. The van der Waals surface area contributed by atoms with Gasteiger partial charge in [0.25, 0.3) is 0 Å². The second kappa shape index (κ2) is 6.64. The second-order valence-electron chi connectivity index (χ2n) is 4.16. The molecule has 0 aliphatic carbocycles. The van der Waals surface area contributed by atoms with Crippen LogP contribution in [-0.2, 0) is 11.3 Å². The number of thiazole rings is 1. The zero-order chi connectivity index (χ0) is 12.8. The van der Waals surface area contributed by atoms with Crippen LogP contribution in [0.3, 0.4) is 0 Å². The number of hydrogen-bond donors (Lipinski definition) is 1. The number of hydrogen-bond acceptors (Lipinski definition) is 4. The molecule has 1 aromatic heterocycles. The van der Waals surface area contributed by atoms with E-state index < -0.39 is 0 Å². The van der Waals surface area contributed by atoms with E-state index in [-0.39, 0.29) is 6.04 Å². The summed E-state index contributed by atoms with van der Waals surface area (Å²) in [4.78, 5) is 5.60. The third-order valence-corrected chi connectivity index (χ3v) is 3.62. The van der Waals surface area contributed by atoms with Gasteiger partial charge in [0, 0.05) is 24.7 Å². The largest absolute Gasteiger partial charge is 0.383 e. The molecule has 96 valence electrons. The number of nitrogens with one attached hydrogen (secondary N) is 1. The summed E-state index contributed by atoms with van der Waals surface area (Å²) in [6, 6.07) is 10.6. The Morgan fingerprint density at radius 1 is 1.33 bits per heavy atom. The van der Waals surface area contributed by atoms with Gasteiger partial charge in [-0.2, -0.15) is 0 Å². The first-order valence-corrected chi connectivity index (χ1v) is 6.80. The van der Waals surface area contributed by atoms with Gasteiger partial charge in [-0.25, -0.2) is 4.98 Å². The lowest BCUT2D eigenvalue weighted by Crippen LogP contribution is -2.24. The molecule has 0 saturated carbocycles. The minimum absolute atomic E-state index is 0.209. The van der Waals surface area contributed by atoms with Gasteiger partial charge in [0.15, 0.2) is 0 Å². The van der Waals surface area contributed by atoms with E-state index in [1.54, 1.807) is 18.4 Å². The van der Waals surface area contributed by atoms with Gasteiger partial charge in [-0.15, -0.1) is 11.3 Å². The number of benzene rings is 1. The summed E-state index contributed by atoms with van der Waals surface area (Å²) in [7, 11) is 1.73. The molecule has 18 heavy (non-hydrogen) atoms. The molecule has 1 unspecified atom stereocenters. The summed E-state index contributed by atoms with van der Waals surface area (Å²) in [6.45, 7) is 3.51. The van der Waals surface area contributed by atoms with Crippen molar-refractivity contribution < 1.29 is 4.74 Å². The first kappa shape index (κ1) is 13.2. The third kappa shape index (κ3) is 3.63. The number of nitrogens with zero attached hydrogens (tertiary/aromatic N) is 1. The van der Waals surface area contributed by atoms with E-state index in [9.17, 15) is 0 Å².